The summed E-state index contributed by atoms with van der Waals surface area (Å²) >= 11 is 0. The molecule has 0 nitrogen and oxygen atoms in total. The summed E-state index contributed by atoms with van der Waals surface area (Å²) in [4.78, 5) is 0. The minimum atomic E-state index is 0.653. The van der Waals surface area contributed by atoms with Crippen LogP contribution in [0.1, 0.15) is 72.1 Å². The first-order valence-electron chi connectivity index (χ1n) is 8.34. The van der Waals surface area contributed by atoms with Gasteiger partial charge in [-0.1, -0.05) is 51.7 Å². The van der Waals surface area contributed by atoms with E-state index in [2.05, 4.69) is 26.8 Å². The molecular formula is C18H30. The third kappa shape index (κ3) is 1.87. The van der Waals surface area contributed by atoms with Gasteiger partial charge in [-0.2, -0.15) is 0 Å². The van der Waals surface area contributed by atoms with Crippen molar-refractivity contribution in [2.75, 3.05) is 0 Å². The molecule has 2 fully saturated rings. The summed E-state index contributed by atoms with van der Waals surface area (Å²) < 4.78 is 0. The van der Waals surface area contributed by atoms with Gasteiger partial charge in [0.2, 0.25) is 0 Å². The Balaban J connectivity index is 1.87. The summed E-state index contributed by atoms with van der Waals surface area (Å²) in [5, 5.41) is 0. The van der Waals surface area contributed by atoms with E-state index in [1.165, 1.54) is 51.4 Å². The summed E-state index contributed by atoms with van der Waals surface area (Å²) in [6, 6.07) is 0. The summed E-state index contributed by atoms with van der Waals surface area (Å²) in [6.07, 6.45) is 14.3. The maximum absolute atomic E-state index is 2.67. The zero-order valence-corrected chi connectivity index (χ0v) is 12.5. The Morgan fingerprint density at radius 1 is 1.28 bits per heavy atom. The van der Waals surface area contributed by atoms with Crippen molar-refractivity contribution in [2.24, 2.45) is 29.1 Å². The monoisotopic (exact) mass is 246 g/mol. The zero-order chi connectivity index (χ0) is 12.8. The summed E-state index contributed by atoms with van der Waals surface area (Å²) in [5.41, 5.74) is 2.52. The van der Waals surface area contributed by atoms with Crippen LogP contribution in [0.4, 0.5) is 0 Å². The second kappa shape index (κ2) is 4.69. The highest BCUT2D eigenvalue weighted by Crippen LogP contribution is 2.59. The fraction of sp³-hybridized carbons (Fsp3) is 0.889. The van der Waals surface area contributed by atoms with E-state index >= 15 is 0 Å². The van der Waals surface area contributed by atoms with Crippen LogP contribution in [0.2, 0.25) is 0 Å². The third-order valence-electron chi connectivity index (χ3n) is 6.75. The molecule has 0 aromatic heterocycles. The van der Waals surface area contributed by atoms with E-state index in [-0.39, 0.29) is 0 Å². The normalized spacial score (nSPS) is 48.1. The number of hydrogen-bond donors (Lipinski definition) is 0. The van der Waals surface area contributed by atoms with Crippen LogP contribution in [-0.2, 0) is 0 Å². The van der Waals surface area contributed by atoms with E-state index in [0.29, 0.717) is 5.41 Å². The Labute approximate surface area is 113 Å². The molecule has 0 N–H and O–H groups in total. The Kier molecular flexibility index (Phi) is 3.32. The molecular weight excluding hydrogens is 216 g/mol. The van der Waals surface area contributed by atoms with Crippen molar-refractivity contribution < 1.29 is 0 Å². The predicted molar refractivity (Wildman–Crippen MR) is 78.4 cm³/mol. The molecule has 0 heteroatoms. The lowest BCUT2D eigenvalue weighted by atomic mass is 9.50. The Morgan fingerprint density at radius 2 is 2.11 bits per heavy atom. The van der Waals surface area contributed by atoms with Crippen molar-refractivity contribution in [3.05, 3.63) is 11.6 Å². The van der Waals surface area contributed by atoms with Gasteiger partial charge in [0, 0.05) is 0 Å². The van der Waals surface area contributed by atoms with Crippen LogP contribution >= 0.6 is 0 Å². The van der Waals surface area contributed by atoms with Crippen molar-refractivity contribution >= 4 is 0 Å². The van der Waals surface area contributed by atoms with E-state index < -0.39 is 0 Å². The molecule has 0 amide bonds. The van der Waals surface area contributed by atoms with Crippen molar-refractivity contribution in [2.45, 2.75) is 72.1 Å². The fourth-order valence-corrected chi connectivity index (χ4v) is 5.55. The maximum Gasteiger partial charge on any atom is -0.0146 e. The van der Waals surface area contributed by atoms with Gasteiger partial charge in [-0.15, -0.1) is 0 Å². The smallest absolute Gasteiger partial charge is 0.0146 e. The average Bonchev–Trinajstić information content (AvgIpc) is 2.38. The second-order valence-electron chi connectivity index (χ2n) is 7.60. The molecule has 0 radical (unpaired) electrons. The van der Waals surface area contributed by atoms with Crippen molar-refractivity contribution in [3.8, 4) is 0 Å². The van der Waals surface area contributed by atoms with Crippen LogP contribution in [0, 0.1) is 29.1 Å². The molecule has 0 aromatic rings. The molecule has 0 bridgehead atoms. The molecule has 102 valence electrons. The minimum absolute atomic E-state index is 0.653. The summed E-state index contributed by atoms with van der Waals surface area (Å²) in [7, 11) is 0. The van der Waals surface area contributed by atoms with Crippen LogP contribution < -0.4 is 0 Å². The Morgan fingerprint density at radius 3 is 2.89 bits per heavy atom. The molecule has 5 atom stereocenters. The number of allylic oxidation sites excluding steroid dienone is 2. The molecule has 3 rings (SSSR count). The van der Waals surface area contributed by atoms with Crippen LogP contribution in [0.25, 0.3) is 0 Å². The quantitative estimate of drug-likeness (QED) is 0.529. The summed E-state index contributed by atoms with van der Waals surface area (Å²) in [6.45, 7) is 7.53. The van der Waals surface area contributed by atoms with Gasteiger partial charge in [-0.05, 0) is 61.2 Å². The molecule has 18 heavy (non-hydrogen) atoms. The highest BCUT2D eigenvalue weighted by molar-refractivity contribution is 5.21. The van der Waals surface area contributed by atoms with E-state index in [0.717, 1.165) is 23.7 Å². The van der Waals surface area contributed by atoms with Crippen LogP contribution in [0.5, 0.6) is 0 Å². The van der Waals surface area contributed by atoms with Crippen LogP contribution in [0.3, 0.4) is 0 Å². The molecule has 5 unspecified atom stereocenters. The highest BCUT2D eigenvalue weighted by atomic mass is 14.5. The van der Waals surface area contributed by atoms with Crippen molar-refractivity contribution in [1.82, 2.24) is 0 Å². The summed E-state index contributed by atoms with van der Waals surface area (Å²) in [5.74, 6) is 3.89. The standard InChI is InChI=1S/C18H30/c1-4-14-7-9-17-15(12-14)8-10-16-13(2)6-5-11-18(16,17)3/h8,13-14,16-17H,4-7,9-12H2,1-3H3. The van der Waals surface area contributed by atoms with Crippen molar-refractivity contribution in [3.63, 3.8) is 0 Å². The minimum Gasteiger partial charge on any atom is -0.0847 e. The lowest BCUT2D eigenvalue weighted by Crippen LogP contribution is -2.46. The van der Waals surface area contributed by atoms with Crippen LogP contribution in [0.15, 0.2) is 11.6 Å². The molecule has 0 spiro atoms. The maximum atomic E-state index is 2.67. The largest absolute Gasteiger partial charge is 0.0847 e. The topological polar surface area (TPSA) is 0 Å². The van der Waals surface area contributed by atoms with Gasteiger partial charge in [0.15, 0.2) is 0 Å². The first-order valence-corrected chi connectivity index (χ1v) is 8.34. The van der Waals surface area contributed by atoms with Gasteiger partial charge in [-0.25, -0.2) is 0 Å². The highest BCUT2D eigenvalue weighted by Gasteiger charge is 2.49. The Hall–Kier alpha value is -0.260. The second-order valence-corrected chi connectivity index (χ2v) is 7.60. The molecule has 0 aromatic carbocycles. The van der Waals surface area contributed by atoms with Gasteiger partial charge >= 0.3 is 0 Å². The Bertz CT molecular complexity index is 340. The number of hydrogen-bond acceptors (Lipinski definition) is 0. The first kappa shape index (κ1) is 12.8. The number of fused-ring (bicyclic) bond motifs is 3. The molecule has 3 aliphatic rings. The van der Waals surface area contributed by atoms with Crippen molar-refractivity contribution in [1.29, 1.82) is 0 Å². The first-order chi connectivity index (χ1) is 8.65. The lowest BCUT2D eigenvalue weighted by molar-refractivity contribution is -0.000638. The fourth-order valence-electron chi connectivity index (χ4n) is 5.55. The molecule has 0 aliphatic heterocycles. The zero-order valence-electron chi connectivity index (χ0n) is 12.5. The lowest BCUT2D eigenvalue weighted by Gasteiger charge is -2.55. The third-order valence-corrected chi connectivity index (χ3v) is 6.75. The molecule has 0 saturated heterocycles. The number of rotatable bonds is 1. The van der Waals surface area contributed by atoms with E-state index in [1.807, 2.05) is 5.57 Å². The van der Waals surface area contributed by atoms with Gasteiger partial charge < -0.3 is 0 Å². The van der Waals surface area contributed by atoms with Gasteiger partial charge in [0.05, 0.1) is 0 Å². The van der Waals surface area contributed by atoms with Gasteiger partial charge in [0.1, 0.15) is 0 Å². The average molecular weight is 246 g/mol. The van der Waals surface area contributed by atoms with Gasteiger partial charge in [-0.3, -0.25) is 0 Å². The van der Waals surface area contributed by atoms with E-state index in [9.17, 15) is 0 Å². The van der Waals surface area contributed by atoms with Crippen LogP contribution in [-0.4, -0.2) is 0 Å². The van der Waals surface area contributed by atoms with Gasteiger partial charge in [0.25, 0.3) is 0 Å². The van der Waals surface area contributed by atoms with E-state index in [1.54, 1.807) is 0 Å². The predicted octanol–water partition coefficient (Wildman–Crippen LogP) is 5.59. The van der Waals surface area contributed by atoms with E-state index in [4.69, 9.17) is 0 Å². The molecule has 3 aliphatic carbocycles. The molecule has 2 saturated carbocycles. The molecule has 0 heterocycles. The SMILES string of the molecule is CCC1CCC2C(=CCC3C(C)CCCC23C)C1.